The number of aromatic nitrogens is 1. The van der Waals surface area contributed by atoms with Gasteiger partial charge < -0.3 is 9.30 Å². The number of hydrogen-bond acceptors (Lipinski definition) is 4. The van der Waals surface area contributed by atoms with Crippen LogP contribution >= 0.6 is 0 Å². The Kier molecular flexibility index (Phi) is 4.15. The summed E-state index contributed by atoms with van der Waals surface area (Å²) in [6, 6.07) is 11.1. The van der Waals surface area contributed by atoms with Crippen LogP contribution in [0.4, 0.5) is 0 Å². The van der Waals surface area contributed by atoms with Gasteiger partial charge in [0.15, 0.2) is 11.6 Å². The second kappa shape index (κ2) is 6.50. The third-order valence-corrected chi connectivity index (χ3v) is 4.86. The molecule has 0 radical (unpaired) electrons. The van der Waals surface area contributed by atoms with Crippen molar-refractivity contribution in [1.29, 1.82) is 0 Å². The highest BCUT2D eigenvalue weighted by molar-refractivity contribution is 6.31. The summed E-state index contributed by atoms with van der Waals surface area (Å²) < 4.78 is 6.83. The fraction of sp³-hybridized carbons (Fsp3) is 0.227. The molecule has 0 amide bonds. The van der Waals surface area contributed by atoms with E-state index in [2.05, 4.69) is 0 Å². The number of aryl methyl sites for hydroxylation is 1. The van der Waals surface area contributed by atoms with Gasteiger partial charge in [-0.3, -0.25) is 9.59 Å². The lowest BCUT2D eigenvalue weighted by Crippen LogP contribution is -2.22. The van der Waals surface area contributed by atoms with Gasteiger partial charge in [-0.1, -0.05) is 31.2 Å². The van der Waals surface area contributed by atoms with Crippen LogP contribution in [0.15, 0.2) is 42.6 Å². The smallest absolute Gasteiger partial charge is 0.355 e. The highest BCUT2D eigenvalue weighted by atomic mass is 16.5. The molecule has 0 aliphatic heterocycles. The quantitative estimate of drug-likeness (QED) is 0.515. The average Bonchev–Trinajstić information content (AvgIpc) is 3.05. The van der Waals surface area contributed by atoms with Crippen molar-refractivity contribution in [2.75, 3.05) is 6.61 Å². The SMILES string of the molecule is CCCn1cc2c(c1C(=O)OCC)C(=O)c1cc3ccccc3cc1C2=O. The minimum absolute atomic E-state index is 0.162. The number of benzene rings is 2. The van der Waals surface area contributed by atoms with E-state index in [1.807, 2.05) is 31.2 Å². The predicted molar refractivity (Wildman–Crippen MR) is 101 cm³/mol. The summed E-state index contributed by atoms with van der Waals surface area (Å²) >= 11 is 0. The molecule has 0 bridgehead atoms. The number of hydrogen-bond donors (Lipinski definition) is 0. The van der Waals surface area contributed by atoms with Crippen LogP contribution in [0, 0.1) is 0 Å². The minimum atomic E-state index is -0.572. The first-order valence-electron chi connectivity index (χ1n) is 9.09. The minimum Gasteiger partial charge on any atom is -0.461 e. The van der Waals surface area contributed by atoms with Crippen molar-refractivity contribution in [2.24, 2.45) is 0 Å². The number of nitrogens with zero attached hydrogens (tertiary/aromatic N) is 1. The van der Waals surface area contributed by atoms with Crippen molar-refractivity contribution in [3.05, 3.63) is 70.5 Å². The second-order valence-electron chi connectivity index (χ2n) is 6.58. The zero-order chi connectivity index (χ0) is 19.1. The lowest BCUT2D eigenvalue weighted by atomic mass is 9.84. The van der Waals surface area contributed by atoms with E-state index in [0.717, 1.165) is 17.2 Å². The van der Waals surface area contributed by atoms with E-state index >= 15 is 0 Å². The molecule has 2 aromatic carbocycles. The Bertz CT molecular complexity index is 1110. The third-order valence-electron chi connectivity index (χ3n) is 4.86. The first kappa shape index (κ1) is 17.2. The highest BCUT2D eigenvalue weighted by Gasteiger charge is 2.37. The van der Waals surface area contributed by atoms with Gasteiger partial charge in [-0.25, -0.2) is 4.79 Å². The summed E-state index contributed by atoms with van der Waals surface area (Å²) in [6.45, 7) is 4.42. The Morgan fingerprint density at radius 1 is 0.963 bits per heavy atom. The van der Waals surface area contributed by atoms with Gasteiger partial charge in [0.25, 0.3) is 0 Å². The molecule has 0 atom stereocenters. The van der Waals surface area contributed by atoms with E-state index in [1.54, 1.807) is 29.8 Å². The van der Waals surface area contributed by atoms with E-state index < -0.39 is 5.97 Å². The fourth-order valence-electron chi connectivity index (χ4n) is 3.69. The highest BCUT2D eigenvalue weighted by Crippen LogP contribution is 2.33. The summed E-state index contributed by atoms with van der Waals surface area (Å²) in [5.74, 6) is -1.10. The van der Waals surface area contributed by atoms with Gasteiger partial charge in [-0.05, 0) is 36.2 Å². The number of fused-ring (bicyclic) bond motifs is 3. The molecule has 1 aliphatic rings. The van der Waals surface area contributed by atoms with Gasteiger partial charge in [0.1, 0.15) is 5.69 Å². The molecule has 0 spiro atoms. The maximum atomic E-state index is 13.3. The molecular weight excluding hydrogens is 342 g/mol. The van der Waals surface area contributed by atoms with Gasteiger partial charge in [0.05, 0.1) is 17.7 Å². The molecule has 0 fully saturated rings. The van der Waals surface area contributed by atoms with Gasteiger partial charge in [-0.2, -0.15) is 0 Å². The molecule has 3 aromatic rings. The van der Waals surface area contributed by atoms with Crippen molar-refractivity contribution in [2.45, 2.75) is 26.8 Å². The fourth-order valence-corrected chi connectivity index (χ4v) is 3.69. The number of rotatable bonds is 4. The van der Waals surface area contributed by atoms with Crippen molar-refractivity contribution >= 4 is 28.3 Å². The summed E-state index contributed by atoms with van der Waals surface area (Å²) in [5, 5.41) is 1.78. The van der Waals surface area contributed by atoms with Gasteiger partial charge in [0.2, 0.25) is 0 Å². The lowest BCUT2D eigenvalue weighted by molar-refractivity contribution is 0.0510. The zero-order valence-corrected chi connectivity index (χ0v) is 15.2. The molecule has 4 rings (SSSR count). The van der Waals surface area contributed by atoms with E-state index in [1.165, 1.54) is 0 Å². The Hall–Kier alpha value is -3.21. The largest absolute Gasteiger partial charge is 0.461 e. The molecular formula is C22H19NO4. The summed E-state index contributed by atoms with van der Waals surface area (Å²) in [6.07, 6.45) is 2.38. The molecule has 27 heavy (non-hydrogen) atoms. The lowest BCUT2D eigenvalue weighted by Gasteiger charge is -2.16. The average molecular weight is 361 g/mol. The van der Waals surface area contributed by atoms with Crippen LogP contribution in [0.1, 0.15) is 62.6 Å². The van der Waals surface area contributed by atoms with E-state index in [-0.39, 0.29) is 35.0 Å². The molecule has 0 unspecified atom stereocenters. The Morgan fingerprint density at radius 2 is 1.59 bits per heavy atom. The van der Waals surface area contributed by atoms with Crippen LogP contribution in [0.2, 0.25) is 0 Å². The van der Waals surface area contributed by atoms with Crippen molar-refractivity contribution in [3.8, 4) is 0 Å². The molecule has 0 saturated carbocycles. The summed E-state index contributed by atoms with van der Waals surface area (Å²) in [7, 11) is 0. The predicted octanol–water partition coefficient (Wildman–Crippen LogP) is 4.00. The zero-order valence-electron chi connectivity index (χ0n) is 15.2. The van der Waals surface area contributed by atoms with E-state index in [4.69, 9.17) is 4.74 Å². The normalized spacial score (nSPS) is 12.8. The standard InChI is InChI=1S/C22H19NO4/c1-3-9-23-12-17-18(19(23)22(26)27-4-2)21(25)16-11-14-8-6-5-7-13(14)10-15(16)20(17)24/h5-8,10-12H,3-4,9H2,1-2H3. The second-order valence-corrected chi connectivity index (χ2v) is 6.58. The number of esters is 1. The van der Waals surface area contributed by atoms with Crippen LogP contribution in [0.5, 0.6) is 0 Å². The van der Waals surface area contributed by atoms with Gasteiger partial charge in [-0.15, -0.1) is 0 Å². The van der Waals surface area contributed by atoms with Crippen molar-refractivity contribution < 1.29 is 19.1 Å². The summed E-state index contributed by atoms with van der Waals surface area (Å²) in [5.41, 5.74) is 1.33. The molecule has 5 nitrogen and oxygen atoms in total. The van der Waals surface area contributed by atoms with Gasteiger partial charge in [0, 0.05) is 23.9 Å². The van der Waals surface area contributed by atoms with Crippen LogP contribution in [0.3, 0.4) is 0 Å². The Balaban J connectivity index is 1.97. The third kappa shape index (κ3) is 2.58. The molecule has 5 heteroatoms. The van der Waals surface area contributed by atoms with Crippen molar-refractivity contribution in [3.63, 3.8) is 0 Å². The van der Waals surface area contributed by atoms with Gasteiger partial charge >= 0.3 is 5.97 Å². The summed E-state index contributed by atoms with van der Waals surface area (Å²) in [4.78, 5) is 38.9. The molecule has 0 saturated heterocycles. The first-order chi connectivity index (χ1) is 13.1. The number of ether oxygens (including phenoxy) is 1. The van der Waals surface area contributed by atoms with Crippen LogP contribution < -0.4 is 0 Å². The monoisotopic (exact) mass is 361 g/mol. The van der Waals surface area contributed by atoms with Crippen LogP contribution in [-0.2, 0) is 11.3 Å². The Labute approximate surface area is 156 Å². The van der Waals surface area contributed by atoms with Crippen LogP contribution in [0.25, 0.3) is 10.8 Å². The molecule has 1 heterocycles. The molecule has 1 aliphatic carbocycles. The maximum absolute atomic E-state index is 13.3. The molecule has 136 valence electrons. The Morgan fingerprint density at radius 3 is 2.19 bits per heavy atom. The number of ketones is 2. The van der Waals surface area contributed by atoms with Crippen LogP contribution in [-0.4, -0.2) is 28.7 Å². The topological polar surface area (TPSA) is 65.4 Å². The van der Waals surface area contributed by atoms with E-state index in [9.17, 15) is 14.4 Å². The first-order valence-corrected chi connectivity index (χ1v) is 9.09. The number of carbonyl (C=O) groups excluding carboxylic acids is 3. The molecule has 0 N–H and O–H groups in total. The molecule has 1 aromatic heterocycles. The number of carbonyl (C=O) groups is 3. The maximum Gasteiger partial charge on any atom is 0.355 e. The van der Waals surface area contributed by atoms with E-state index in [0.29, 0.717) is 17.7 Å². The van der Waals surface area contributed by atoms with Crippen molar-refractivity contribution in [1.82, 2.24) is 4.57 Å².